The predicted molar refractivity (Wildman–Crippen MR) is 164 cm³/mol. The SMILES string of the molecule is OCCOCCOCCOCCOCCOCCOCCCCOCCOCCOCCOCCOCCOCCOCCO. The van der Waals surface area contributed by atoms with E-state index >= 15 is 0 Å². The Bertz CT molecular complexity index is 466. The van der Waals surface area contributed by atoms with Crippen molar-refractivity contribution >= 4 is 0 Å². The molecule has 0 aliphatic heterocycles. The Morgan fingerprint density at radius 3 is 0.467 bits per heavy atom. The molecule has 0 heterocycles. The molecule has 0 aromatic rings. The number of rotatable bonds is 42. The molecule has 0 bridgehead atoms. The summed E-state index contributed by atoms with van der Waals surface area (Å²) in [5, 5.41) is 17.2. The fourth-order valence-corrected chi connectivity index (χ4v) is 3.16. The summed E-state index contributed by atoms with van der Waals surface area (Å²) >= 11 is 0. The Morgan fingerprint density at radius 1 is 0.178 bits per heavy atom. The van der Waals surface area contributed by atoms with E-state index in [0.29, 0.717) is 172 Å². The zero-order valence-electron chi connectivity index (χ0n) is 27.4. The molecule has 0 rings (SSSR count). The van der Waals surface area contributed by atoms with Crippen molar-refractivity contribution in [2.24, 2.45) is 0 Å². The van der Waals surface area contributed by atoms with Crippen LogP contribution in [0.15, 0.2) is 0 Å². The first-order valence-corrected chi connectivity index (χ1v) is 16.1. The van der Waals surface area contributed by atoms with E-state index in [9.17, 15) is 0 Å². The van der Waals surface area contributed by atoms with Gasteiger partial charge in [-0.2, -0.15) is 0 Å². The minimum absolute atomic E-state index is 0.0252. The molecule has 0 atom stereocenters. The maximum absolute atomic E-state index is 8.58. The maximum Gasteiger partial charge on any atom is 0.0701 e. The highest BCUT2D eigenvalue weighted by Gasteiger charge is 1.97. The Balaban J connectivity index is 3.03. The van der Waals surface area contributed by atoms with Crippen LogP contribution in [0.1, 0.15) is 12.8 Å². The summed E-state index contributed by atoms with van der Waals surface area (Å²) in [5.74, 6) is 0. The van der Waals surface area contributed by atoms with E-state index in [0.717, 1.165) is 12.8 Å². The summed E-state index contributed by atoms with van der Waals surface area (Å²) < 4.78 is 70.1. The second-order valence-electron chi connectivity index (χ2n) is 9.12. The molecule has 0 aromatic heterocycles. The Hall–Kier alpha value is -0.600. The van der Waals surface area contributed by atoms with Crippen LogP contribution in [-0.2, 0) is 61.6 Å². The Morgan fingerprint density at radius 2 is 0.311 bits per heavy atom. The molecule has 0 aromatic carbocycles. The lowest BCUT2D eigenvalue weighted by atomic mass is 10.3. The first-order valence-electron chi connectivity index (χ1n) is 16.1. The molecule has 2 N–H and O–H groups in total. The second kappa shape index (κ2) is 43.4. The van der Waals surface area contributed by atoms with Crippen molar-refractivity contribution in [2.45, 2.75) is 12.8 Å². The van der Waals surface area contributed by atoms with E-state index in [-0.39, 0.29) is 13.2 Å². The summed E-state index contributed by atoms with van der Waals surface area (Å²) in [6.07, 6.45) is 1.87. The van der Waals surface area contributed by atoms with Gasteiger partial charge in [-0.15, -0.1) is 0 Å². The van der Waals surface area contributed by atoms with Gasteiger partial charge in [0.25, 0.3) is 0 Å². The highest BCUT2D eigenvalue weighted by molar-refractivity contribution is 4.41. The van der Waals surface area contributed by atoms with Crippen LogP contribution < -0.4 is 0 Å². The molecule has 0 aliphatic rings. The highest BCUT2D eigenvalue weighted by Crippen LogP contribution is 1.93. The average molecular weight is 663 g/mol. The minimum Gasteiger partial charge on any atom is -0.394 e. The average Bonchev–Trinajstić information content (AvgIpc) is 3.05. The molecule has 0 saturated carbocycles. The molecule has 0 radical (unpaired) electrons. The normalized spacial score (nSPS) is 11.6. The van der Waals surface area contributed by atoms with Crippen LogP contribution in [0.5, 0.6) is 0 Å². The fourth-order valence-electron chi connectivity index (χ4n) is 3.16. The number of unbranched alkanes of at least 4 members (excludes halogenated alkanes) is 1. The van der Waals surface area contributed by atoms with Crippen molar-refractivity contribution in [3.63, 3.8) is 0 Å². The quantitative estimate of drug-likeness (QED) is 0.0838. The molecule has 272 valence electrons. The second-order valence-corrected chi connectivity index (χ2v) is 9.12. The van der Waals surface area contributed by atoms with Crippen molar-refractivity contribution in [1.29, 1.82) is 0 Å². The zero-order chi connectivity index (χ0) is 32.4. The Kier molecular flexibility index (Phi) is 42.8. The molecule has 15 heteroatoms. The van der Waals surface area contributed by atoms with Crippen LogP contribution >= 0.6 is 0 Å². The zero-order valence-corrected chi connectivity index (χ0v) is 27.4. The van der Waals surface area contributed by atoms with E-state index < -0.39 is 0 Å². The van der Waals surface area contributed by atoms with E-state index in [1.165, 1.54) is 0 Å². The molecule has 0 saturated heterocycles. The monoisotopic (exact) mass is 662 g/mol. The van der Waals surface area contributed by atoms with Crippen LogP contribution in [0.2, 0.25) is 0 Å². The number of aliphatic hydroxyl groups excluding tert-OH is 2. The van der Waals surface area contributed by atoms with Crippen LogP contribution in [-0.4, -0.2) is 195 Å². The summed E-state index contributed by atoms with van der Waals surface area (Å²) in [6, 6.07) is 0. The lowest BCUT2D eigenvalue weighted by Gasteiger charge is -2.09. The third-order valence-electron chi connectivity index (χ3n) is 5.39. The summed E-state index contributed by atoms with van der Waals surface area (Å²) in [6.45, 7) is 13.4. The van der Waals surface area contributed by atoms with Gasteiger partial charge in [-0.3, -0.25) is 0 Å². The minimum atomic E-state index is 0.0252. The summed E-state index contributed by atoms with van der Waals surface area (Å²) in [4.78, 5) is 0. The van der Waals surface area contributed by atoms with Gasteiger partial charge < -0.3 is 71.8 Å². The number of ether oxygens (including phenoxy) is 13. The maximum atomic E-state index is 8.58. The molecule has 0 aliphatic carbocycles. The van der Waals surface area contributed by atoms with Gasteiger partial charge in [0.15, 0.2) is 0 Å². The van der Waals surface area contributed by atoms with E-state index in [1.807, 2.05) is 0 Å². The molecule has 0 amide bonds. The van der Waals surface area contributed by atoms with Crippen molar-refractivity contribution in [1.82, 2.24) is 0 Å². The molecule has 15 nitrogen and oxygen atoms in total. The highest BCUT2D eigenvalue weighted by atomic mass is 16.6. The van der Waals surface area contributed by atoms with Crippen LogP contribution in [0.25, 0.3) is 0 Å². The van der Waals surface area contributed by atoms with Gasteiger partial charge in [0.2, 0.25) is 0 Å². The van der Waals surface area contributed by atoms with Crippen molar-refractivity contribution < 1.29 is 71.8 Å². The van der Waals surface area contributed by atoms with E-state index in [1.54, 1.807) is 0 Å². The van der Waals surface area contributed by atoms with Gasteiger partial charge in [-0.05, 0) is 12.8 Å². The van der Waals surface area contributed by atoms with Gasteiger partial charge in [-0.1, -0.05) is 0 Å². The molecular weight excluding hydrogens is 600 g/mol. The molecular formula is C30H62O15. The third kappa shape index (κ3) is 43.4. The van der Waals surface area contributed by atoms with Crippen molar-refractivity contribution in [3.05, 3.63) is 0 Å². The first-order chi connectivity index (χ1) is 22.4. The largest absolute Gasteiger partial charge is 0.394 e. The predicted octanol–water partition coefficient (Wildman–Crippen LogP) is -0.0330. The molecule has 0 unspecified atom stereocenters. The smallest absolute Gasteiger partial charge is 0.0701 e. The topological polar surface area (TPSA) is 160 Å². The third-order valence-corrected chi connectivity index (χ3v) is 5.39. The van der Waals surface area contributed by atoms with Crippen LogP contribution in [0.3, 0.4) is 0 Å². The van der Waals surface area contributed by atoms with Gasteiger partial charge >= 0.3 is 0 Å². The molecule has 0 spiro atoms. The molecule has 45 heavy (non-hydrogen) atoms. The lowest BCUT2D eigenvalue weighted by Crippen LogP contribution is -2.14. The standard InChI is InChI=1S/C30H62O15/c31-3-7-35-11-15-39-19-23-43-27-25-41-21-17-37-13-9-33-5-1-2-6-34-10-14-38-18-22-42-26-29-45-30-28-44-24-20-40-16-12-36-8-4-32/h31-32H,1-30H2. The molecule has 0 fully saturated rings. The summed E-state index contributed by atoms with van der Waals surface area (Å²) in [7, 11) is 0. The van der Waals surface area contributed by atoms with Crippen molar-refractivity contribution in [2.75, 3.05) is 185 Å². The van der Waals surface area contributed by atoms with Crippen LogP contribution in [0.4, 0.5) is 0 Å². The van der Waals surface area contributed by atoms with E-state index in [2.05, 4.69) is 0 Å². The summed E-state index contributed by atoms with van der Waals surface area (Å²) in [5.41, 5.74) is 0. The van der Waals surface area contributed by atoms with E-state index in [4.69, 9.17) is 71.8 Å². The Labute approximate surface area is 269 Å². The first kappa shape index (κ1) is 44.4. The fraction of sp³-hybridized carbons (Fsp3) is 1.00. The van der Waals surface area contributed by atoms with Gasteiger partial charge in [0, 0.05) is 13.2 Å². The van der Waals surface area contributed by atoms with Crippen LogP contribution in [0, 0.1) is 0 Å². The van der Waals surface area contributed by atoms with Gasteiger partial charge in [0.1, 0.15) is 0 Å². The van der Waals surface area contributed by atoms with Gasteiger partial charge in [-0.25, -0.2) is 0 Å². The lowest BCUT2D eigenvalue weighted by molar-refractivity contribution is -0.0219. The number of aliphatic hydroxyl groups is 2. The van der Waals surface area contributed by atoms with Crippen molar-refractivity contribution in [3.8, 4) is 0 Å². The number of hydrogen-bond donors (Lipinski definition) is 2. The van der Waals surface area contributed by atoms with Gasteiger partial charge in [0.05, 0.1) is 172 Å². The number of hydrogen-bond acceptors (Lipinski definition) is 15.